The molecule has 0 atom stereocenters. The lowest BCUT2D eigenvalue weighted by Gasteiger charge is -2.14. The van der Waals surface area contributed by atoms with E-state index in [9.17, 15) is 0 Å². The van der Waals surface area contributed by atoms with Crippen molar-refractivity contribution in [1.29, 1.82) is 0 Å². The minimum Gasteiger partial charge on any atom is -0.307 e. The summed E-state index contributed by atoms with van der Waals surface area (Å²) < 4.78 is 5.03. The number of hydrogen-bond donors (Lipinski definition) is 0. The molecule has 2 nitrogen and oxygen atoms in total. The second kappa shape index (κ2) is 8.41. The van der Waals surface area contributed by atoms with Crippen LogP contribution >= 0.6 is 11.3 Å². The molecular weight excluding hydrogens is 480 g/mol. The van der Waals surface area contributed by atoms with Gasteiger partial charge in [-0.05, 0) is 70.8 Å². The average molecular weight is 503 g/mol. The van der Waals surface area contributed by atoms with Crippen molar-refractivity contribution in [3.05, 3.63) is 134 Å². The molecule has 0 aliphatic heterocycles. The molecule has 178 valence electrons. The van der Waals surface area contributed by atoms with Crippen LogP contribution in [-0.4, -0.2) is 9.55 Å². The molecule has 0 amide bonds. The first-order valence-corrected chi connectivity index (χ1v) is 13.6. The lowest BCUT2D eigenvalue weighted by Crippen LogP contribution is -1.96. The molecule has 3 aromatic heterocycles. The molecule has 8 rings (SSSR count). The minimum absolute atomic E-state index is 1.03. The highest BCUT2D eigenvalue weighted by molar-refractivity contribution is 7.26. The van der Waals surface area contributed by atoms with E-state index in [1.807, 2.05) is 23.6 Å². The number of hydrogen-bond acceptors (Lipinski definition) is 2. The van der Waals surface area contributed by atoms with Crippen LogP contribution in [0.15, 0.2) is 134 Å². The predicted octanol–water partition coefficient (Wildman–Crippen LogP) is 9.88. The highest BCUT2D eigenvalue weighted by Crippen LogP contribution is 2.43. The molecule has 0 spiro atoms. The first kappa shape index (κ1) is 21.4. The molecule has 3 heterocycles. The summed E-state index contributed by atoms with van der Waals surface area (Å²) in [5.74, 6) is 0. The zero-order valence-electron chi connectivity index (χ0n) is 20.5. The van der Waals surface area contributed by atoms with E-state index in [0.717, 1.165) is 16.7 Å². The van der Waals surface area contributed by atoms with Crippen LogP contribution in [0.2, 0.25) is 0 Å². The van der Waals surface area contributed by atoms with Gasteiger partial charge in [0.1, 0.15) is 0 Å². The van der Waals surface area contributed by atoms with Gasteiger partial charge in [0.15, 0.2) is 0 Å². The van der Waals surface area contributed by atoms with E-state index >= 15 is 0 Å². The Bertz CT molecular complexity index is 2060. The van der Waals surface area contributed by atoms with Crippen LogP contribution < -0.4 is 0 Å². The van der Waals surface area contributed by atoms with E-state index in [1.165, 1.54) is 53.3 Å². The van der Waals surface area contributed by atoms with Crippen molar-refractivity contribution < 1.29 is 0 Å². The van der Waals surface area contributed by atoms with Gasteiger partial charge in [-0.3, -0.25) is 4.98 Å². The third kappa shape index (κ3) is 3.22. The Morgan fingerprint density at radius 2 is 1.21 bits per heavy atom. The van der Waals surface area contributed by atoms with Crippen LogP contribution in [0.1, 0.15) is 0 Å². The molecule has 0 saturated heterocycles. The lowest BCUT2D eigenvalue weighted by molar-refractivity contribution is 1.18. The summed E-state index contributed by atoms with van der Waals surface area (Å²) in [5, 5.41) is 3.78. The maximum absolute atomic E-state index is 4.87. The summed E-state index contributed by atoms with van der Waals surface area (Å²) in [6.07, 6.45) is 1.90. The van der Waals surface area contributed by atoms with Crippen molar-refractivity contribution in [2.24, 2.45) is 0 Å². The van der Waals surface area contributed by atoms with Gasteiger partial charge in [0.2, 0.25) is 0 Å². The average Bonchev–Trinajstić information content (AvgIpc) is 3.53. The molecule has 38 heavy (non-hydrogen) atoms. The Labute approximate surface area is 224 Å². The van der Waals surface area contributed by atoms with Gasteiger partial charge in [0.25, 0.3) is 0 Å². The van der Waals surface area contributed by atoms with E-state index in [1.54, 1.807) is 0 Å². The van der Waals surface area contributed by atoms with Crippen LogP contribution in [0.3, 0.4) is 0 Å². The molecule has 0 unspecified atom stereocenters. The molecule has 5 aromatic carbocycles. The summed E-state index contributed by atoms with van der Waals surface area (Å²) in [4.78, 5) is 4.87. The number of thiophene rings is 1. The van der Waals surface area contributed by atoms with Crippen LogP contribution in [0.25, 0.3) is 70.0 Å². The van der Waals surface area contributed by atoms with Crippen molar-refractivity contribution in [2.75, 3.05) is 0 Å². The SMILES string of the molecule is c1ccc(-c2cc(-c3ccccc3)cc(-n3c4cccnc4c4ccc5sc6ccccc6c5c43)c2)cc1. The Hall–Kier alpha value is -4.73. The van der Waals surface area contributed by atoms with Crippen molar-refractivity contribution in [3.63, 3.8) is 0 Å². The summed E-state index contributed by atoms with van der Waals surface area (Å²) in [7, 11) is 0. The summed E-state index contributed by atoms with van der Waals surface area (Å²) in [5.41, 5.74) is 9.32. The molecule has 8 aromatic rings. The third-order valence-electron chi connectivity index (χ3n) is 7.41. The maximum atomic E-state index is 4.87. The fraction of sp³-hybridized carbons (Fsp3) is 0. The van der Waals surface area contributed by atoms with Gasteiger partial charge in [-0.2, -0.15) is 0 Å². The van der Waals surface area contributed by atoms with Crippen molar-refractivity contribution in [1.82, 2.24) is 9.55 Å². The standard InChI is InChI=1S/C35H22N2S/c1-3-10-23(11-4-1)25-20-26(24-12-5-2-6-13-24)22-27(21-25)37-30-15-9-19-36-34(30)29-17-18-32-33(35(29)37)28-14-7-8-16-31(28)38-32/h1-22H. The number of rotatable bonds is 3. The normalized spacial score (nSPS) is 11.7. The van der Waals surface area contributed by atoms with Gasteiger partial charge >= 0.3 is 0 Å². The van der Waals surface area contributed by atoms with E-state index in [2.05, 4.69) is 126 Å². The fourth-order valence-electron chi connectivity index (χ4n) is 5.73. The van der Waals surface area contributed by atoms with Crippen LogP contribution in [0, 0.1) is 0 Å². The monoisotopic (exact) mass is 502 g/mol. The van der Waals surface area contributed by atoms with Crippen molar-refractivity contribution >= 4 is 53.4 Å². The predicted molar refractivity (Wildman–Crippen MR) is 162 cm³/mol. The molecule has 0 fully saturated rings. The van der Waals surface area contributed by atoms with Gasteiger partial charge in [-0.1, -0.05) is 78.9 Å². The van der Waals surface area contributed by atoms with E-state index in [-0.39, 0.29) is 0 Å². The largest absolute Gasteiger partial charge is 0.307 e. The smallest absolute Gasteiger partial charge is 0.0963 e. The highest BCUT2D eigenvalue weighted by Gasteiger charge is 2.19. The van der Waals surface area contributed by atoms with Gasteiger partial charge in [0, 0.05) is 37.4 Å². The molecule has 0 aliphatic carbocycles. The fourth-order valence-corrected chi connectivity index (χ4v) is 6.84. The first-order chi connectivity index (χ1) is 18.8. The van der Waals surface area contributed by atoms with Crippen molar-refractivity contribution in [2.45, 2.75) is 0 Å². The highest BCUT2D eigenvalue weighted by atomic mass is 32.1. The third-order valence-corrected chi connectivity index (χ3v) is 8.55. The minimum atomic E-state index is 1.03. The summed E-state index contributed by atoms with van der Waals surface area (Å²) >= 11 is 1.86. The maximum Gasteiger partial charge on any atom is 0.0963 e. The second-order valence-corrected chi connectivity index (χ2v) is 10.7. The molecule has 0 radical (unpaired) electrons. The number of aromatic nitrogens is 2. The Balaban J connectivity index is 1.54. The van der Waals surface area contributed by atoms with E-state index < -0.39 is 0 Å². The van der Waals surface area contributed by atoms with E-state index in [0.29, 0.717) is 0 Å². The van der Waals surface area contributed by atoms with Gasteiger partial charge in [-0.15, -0.1) is 11.3 Å². The number of nitrogens with zero attached hydrogens (tertiary/aromatic N) is 2. The molecule has 3 heteroatoms. The lowest BCUT2D eigenvalue weighted by atomic mass is 9.98. The summed E-state index contributed by atoms with van der Waals surface area (Å²) in [6.45, 7) is 0. The quantitative estimate of drug-likeness (QED) is 0.235. The van der Waals surface area contributed by atoms with Crippen molar-refractivity contribution in [3.8, 4) is 27.9 Å². The topological polar surface area (TPSA) is 17.8 Å². The van der Waals surface area contributed by atoms with Crippen LogP contribution in [0.5, 0.6) is 0 Å². The van der Waals surface area contributed by atoms with E-state index in [4.69, 9.17) is 4.98 Å². The van der Waals surface area contributed by atoms with Crippen LogP contribution in [0.4, 0.5) is 0 Å². The first-order valence-electron chi connectivity index (χ1n) is 12.8. The Kier molecular flexibility index (Phi) is 4.73. The molecule has 0 bridgehead atoms. The van der Waals surface area contributed by atoms with Gasteiger partial charge in [-0.25, -0.2) is 0 Å². The number of pyridine rings is 1. The second-order valence-electron chi connectivity index (χ2n) is 9.64. The molecule has 0 saturated carbocycles. The Morgan fingerprint density at radius 3 is 1.95 bits per heavy atom. The summed E-state index contributed by atoms with van der Waals surface area (Å²) in [6, 6.07) is 45.7. The molecule has 0 N–H and O–H groups in total. The van der Waals surface area contributed by atoms with Crippen LogP contribution in [-0.2, 0) is 0 Å². The Morgan fingerprint density at radius 1 is 0.526 bits per heavy atom. The molecular formula is C35H22N2S. The zero-order chi connectivity index (χ0) is 25.1. The van der Waals surface area contributed by atoms with Gasteiger partial charge in [0.05, 0.1) is 16.6 Å². The number of fused-ring (bicyclic) bond motifs is 7. The number of benzene rings is 5. The zero-order valence-corrected chi connectivity index (χ0v) is 21.3. The molecule has 0 aliphatic rings. The van der Waals surface area contributed by atoms with Gasteiger partial charge < -0.3 is 4.57 Å².